The Balaban J connectivity index is 2.19. The third-order valence-corrected chi connectivity index (χ3v) is 4.07. The minimum absolute atomic E-state index is 0.711. The fourth-order valence-electron chi connectivity index (χ4n) is 1.68. The number of hydrogen-bond donors (Lipinski definition) is 1. The average molecular weight is 432 g/mol. The smallest absolute Gasteiger partial charge is 0.178 e. The van der Waals surface area contributed by atoms with E-state index in [4.69, 9.17) is 0 Å². The topological polar surface area (TPSA) is 41.6 Å². The first-order chi connectivity index (χ1) is 8.63. The van der Waals surface area contributed by atoms with Crippen LogP contribution in [0, 0.1) is 0 Å². The molecule has 0 aliphatic rings. The summed E-state index contributed by atoms with van der Waals surface area (Å²) in [6.45, 7) is 0. The second kappa shape index (κ2) is 4.75. The van der Waals surface area contributed by atoms with E-state index >= 15 is 0 Å². The van der Waals surface area contributed by atoms with E-state index in [1.54, 1.807) is 6.20 Å². The van der Waals surface area contributed by atoms with Gasteiger partial charge in [0.1, 0.15) is 5.82 Å². The van der Waals surface area contributed by atoms with Crippen molar-refractivity contribution in [1.82, 2.24) is 15.0 Å². The number of H-pyrrole nitrogens is 1. The molecule has 18 heavy (non-hydrogen) atoms. The lowest BCUT2D eigenvalue weighted by Crippen LogP contribution is -1.82. The van der Waals surface area contributed by atoms with E-state index in [2.05, 4.69) is 62.7 Å². The molecule has 2 aromatic heterocycles. The van der Waals surface area contributed by atoms with Crippen LogP contribution in [-0.2, 0) is 0 Å². The van der Waals surface area contributed by atoms with Crippen LogP contribution in [-0.4, -0.2) is 15.0 Å². The molecule has 0 spiro atoms. The van der Waals surface area contributed by atoms with E-state index in [1.807, 2.05) is 24.3 Å². The molecule has 6 heteroatoms. The Hall–Kier alpha value is -0.720. The Morgan fingerprint density at radius 3 is 2.61 bits per heavy atom. The standard InChI is InChI=1S/C12H6Br3N3/c13-6-1-2-8(9(15)3-6)11-17-10-4-7(14)5-16-12(10)18-11/h1-5H,(H,16,17,18). The van der Waals surface area contributed by atoms with Gasteiger partial charge in [-0.1, -0.05) is 15.9 Å². The van der Waals surface area contributed by atoms with Gasteiger partial charge in [0.05, 0.1) is 5.52 Å². The average Bonchev–Trinajstić information content (AvgIpc) is 2.71. The Kier molecular flexibility index (Phi) is 3.25. The van der Waals surface area contributed by atoms with E-state index < -0.39 is 0 Å². The fraction of sp³-hybridized carbons (Fsp3) is 0. The normalized spacial score (nSPS) is 11.1. The maximum Gasteiger partial charge on any atom is 0.178 e. The van der Waals surface area contributed by atoms with Crippen molar-refractivity contribution in [2.24, 2.45) is 0 Å². The van der Waals surface area contributed by atoms with Crippen molar-refractivity contribution in [2.45, 2.75) is 0 Å². The van der Waals surface area contributed by atoms with Crippen LogP contribution in [0.1, 0.15) is 0 Å². The highest BCUT2D eigenvalue weighted by atomic mass is 79.9. The highest BCUT2D eigenvalue weighted by Gasteiger charge is 2.09. The summed E-state index contributed by atoms with van der Waals surface area (Å²) in [5, 5.41) is 0. The van der Waals surface area contributed by atoms with Crippen molar-refractivity contribution in [1.29, 1.82) is 0 Å². The van der Waals surface area contributed by atoms with Crippen LogP contribution in [0.4, 0.5) is 0 Å². The molecule has 0 saturated heterocycles. The lowest BCUT2D eigenvalue weighted by atomic mass is 10.2. The van der Waals surface area contributed by atoms with E-state index in [0.717, 1.165) is 30.3 Å². The maximum atomic E-state index is 4.48. The Labute approximate surface area is 128 Å². The van der Waals surface area contributed by atoms with Crippen molar-refractivity contribution in [3.05, 3.63) is 43.9 Å². The van der Waals surface area contributed by atoms with Gasteiger partial charge in [-0.05, 0) is 56.1 Å². The molecule has 0 fully saturated rings. The van der Waals surface area contributed by atoms with Gasteiger partial charge in [-0.15, -0.1) is 0 Å². The molecule has 3 nitrogen and oxygen atoms in total. The largest absolute Gasteiger partial charge is 0.337 e. The fourth-order valence-corrected chi connectivity index (χ4v) is 3.25. The lowest BCUT2D eigenvalue weighted by Gasteiger charge is -2.00. The summed E-state index contributed by atoms with van der Waals surface area (Å²) in [4.78, 5) is 12.0. The number of pyridine rings is 1. The second-order valence-electron chi connectivity index (χ2n) is 3.73. The highest BCUT2D eigenvalue weighted by molar-refractivity contribution is 9.11. The first-order valence-corrected chi connectivity index (χ1v) is 7.48. The molecule has 0 unspecified atom stereocenters. The number of aromatic nitrogens is 3. The van der Waals surface area contributed by atoms with Crippen LogP contribution in [0.25, 0.3) is 22.6 Å². The number of benzene rings is 1. The van der Waals surface area contributed by atoms with Crippen LogP contribution in [0.5, 0.6) is 0 Å². The predicted molar refractivity (Wildman–Crippen MR) is 82.4 cm³/mol. The number of nitrogens with one attached hydrogen (secondary N) is 1. The number of halogens is 3. The van der Waals surface area contributed by atoms with Gasteiger partial charge in [0.2, 0.25) is 0 Å². The minimum Gasteiger partial charge on any atom is -0.337 e. The first kappa shape index (κ1) is 12.3. The zero-order chi connectivity index (χ0) is 12.7. The molecule has 0 bridgehead atoms. The van der Waals surface area contributed by atoms with Gasteiger partial charge >= 0.3 is 0 Å². The monoisotopic (exact) mass is 429 g/mol. The molecule has 0 radical (unpaired) electrons. The Morgan fingerprint density at radius 2 is 1.83 bits per heavy atom. The van der Waals surface area contributed by atoms with Gasteiger partial charge in [-0.25, -0.2) is 9.97 Å². The Bertz CT molecular complexity index is 737. The highest BCUT2D eigenvalue weighted by Crippen LogP contribution is 2.30. The summed E-state index contributed by atoms with van der Waals surface area (Å²) >= 11 is 10.4. The zero-order valence-electron chi connectivity index (χ0n) is 8.92. The summed E-state index contributed by atoms with van der Waals surface area (Å²) in [5.41, 5.74) is 2.63. The zero-order valence-corrected chi connectivity index (χ0v) is 13.7. The molecule has 3 rings (SSSR count). The van der Waals surface area contributed by atoms with Crippen LogP contribution in [0.3, 0.4) is 0 Å². The van der Waals surface area contributed by atoms with Crippen LogP contribution >= 0.6 is 47.8 Å². The molecule has 1 N–H and O–H groups in total. The van der Waals surface area contributed by atoms with Crippen molar-refractivity contribution >= 4 is 59.0 Å². The van der Waals surface area contributed by atoms with Crippen LogP contribution in [0.2, 0.25) is 0 Å². The SMILES string of the molecule is Brc1ccc(-c2nc3ncc(Br)cc3[nH]2)c(Br)c1. The molecule has 0 saturated carbocycles. The van der Waals surface area contributed by atoms with Crippen molar-refractivity contribution < 1.29 is 0 Å². The summed E-state index contributed by atoms with van der Waals surface area (Å²) in [6, 6.07) is 7.94. The predicted octanol–water partition coefficient (Wildman–Crippen LogP) is 4.91. The Morgan fingerprint density at radius 1 is 1.00 bits per heavy atom. The number of rotatable bonds is 1. The summed E-state index contributed by atoms with van der Waals surface area (Å²) in [6.07, 6.45) is 1.74. The quantitative estimate of drug-likeness (QED) is 0.594. The first-order valence-electron chi connectivity index (χ1n) is 5.10. The number of hydrogen-bond acceptors (Lipinski definition) is 2. The molecule has 0 amide bonds. The molecule has 0 atom stereocenters. The number of fused-ring (bicyclic) bond motifs is 1. The van der Waals surface area contributed by atoms with Gasteiger partial charge in [0, 0.05) is 25.2 Å². The molecule has 3 aromatic rings. The molecule has 0 aliphatic heterocycles. The summed E-state index contributed by atoms with van der Waals surface area (Å²) < 4.78 is 2.94. The number of aromatic amines is 1. The van der Waals surface area contributed by atoms with Crippen LogP contribution < -0.4 is 0 Å². The molecule has 0 aliphatic carbocycles. The third kappa shape index (κ3) is 2.24. The molecule has 90 valence electrons. The number of nitrogens with zero attached hydrogens (tertiary/aromatic N) is 2. The molecular formula is C12H6Br3N3. The van der Waals surface area contributed by atoms with Crippen LogP contribution in [0.15, 0.2) is 43.9 Å². The van der Waals surface area contributed by atoms with E-state index in [1.165, 1.54) is 0 Å². The van der Waals surface area contributed by atoms with Gasteiger partial charge in [-0.3, -0.25) is 0 Å². The molecule has 2 heterocycles. The lowest BCUT2D eigenvalue weighted by molar-refractivity contribution is 1.29. The summed E-state index contributed by atoms with van der Waals surface area (Å²) in [5.74, 6) is 0.801. The van der Waals surface area contributed by atoms with Gasteiger partial charge in [0.15, 0.2) is 5.65 Å². The number of imidazole rings is 1. The second-order valence-corrected chi connectivity index (χ2v) is 6.42. The van der Waals surface area contributed by atoms with Crippen molar-refractivity contribution in [2.75, 3.05) is 0 Å². The van der Waals surface area contributed by atoms with E-state index in [0.29, 0.717) is 5.65 Å². The van der Waals surface area contributed by atoms with Crippen molar-refractivity contribution in [3.8, 4) is 11.4 Å². The molecular weight excluding hydrogens is 426 g/mol. The van der Waals surface area contributed by atoms with Crippen molar-refractivity contribution in [3.63, 3.8) is 0 Å². The van der Waals surface area contributed by atoms with Gasteiger partial charge in [0.25, 0.3) is 0 Å². The third-order valence-electron chi connectivity index (χ3n) is 2.49. The van der Waals surface area contributed by atoms with Gasteiger partial charge in [-0.2, -0.15) is 0 Å². The van der Waals surface area contributed by atoms with E-state index in [9.17, 15) is 0 Å². The summed E-state index contributed by atoms with van der Waals surface area (Å²) in [7, 11) is 0. The van der Waals surface area contributed by atoms with E-state index in [-0.39, 0.29) is 0 Å². The van der Waals surface area contributed by atoms with Gasteiger partial charge < -0.3 is 4.98 Å². The minimum atomic E-state index is 0.711. The maximum absolute atomic E-state index is 4.48. The molecule has 1 aromatic carbocycles.